The van der Waals surface area contributed by atoms with Gasteiger partial charge in [0.25, 0.3) is 5.91 Å². The van der Waals surface area contributed by atoms with Gasteiger partial charge in [-0.15, -0.1) is 0 Å². The molecule has 0 aliphatic carbocycles. The molecule has 6 heteroatoms. The number of amides is 1. The van der Waals surface area contributed by atoms with Crippen LogP contribution in [0.25, 0.3) is 0 Å². The van der Waals surface area contributed by atoms with E-state index in [-0.39, 0.29) is 5.91 Å². The molecule has 1 atom stereocenters. The molecule has 0 aliphatic rings. The average molecular weight is 326 g/mol. The minimum absolute atomic E-state index is 0.328. The van der Waals surface area contributed by atoms with E-state index in [0.29, 0.717) is 28.5 Å². The number of methoxy groups -OCH3 is 2. The first kappa shape index (κ1) is 17.2. The van der Waals surface area contributed by atoms with Crippen molar-refractivity contribution in [1.82, 2.24) is 0 Å². The van der Waals surface area contributed by atoms with Crippen molar-refractivity contribution in [3.63, 3.8) is 0 Å². The van der Waals surface area contributed by atoms with Crippen LogP contribution in [-0.2, 0) is 4.79 Å². The second-order valence-corrected chi connectivity index (χ2v) is 4.93. The smallest absolute Gasteiger partial charge is 0.265 e. The van der Waals surface area contributed by atoms with E-state index in [1.165, 1.54) is 14.2 Å². The molecule has 2 aromatic rings. The van der Waals surface area contributed by atoms with Gasteiger partial charge in [-0.2, -0.15) is 5.26 Å². The monoisotopic (exact) mass is 326 g/mol. The molecule has 0 saturated heterocycles. The summed E-state index contributed by atoms with van der Waals surface area (Å²) in [6.07, 6.45) is -0.767. The third kappa shape index (κ3) is 3.96. The number of nitriles is 1. The van der Waals surface area contributed by atoms with Crippen molar-refractivity contribution in [1.29, 1.82) is 5.26 Å². The maximum atomic E-state index is 12.3. The summed E-state index contributed by atoms with van der Waals surface area (Å²) in [5.41, 5.74) is 1.01. The van der Waals surface area contributed by atoms with E-state index in [1.807, 2.05) is 12.1 Å². The Hall–Kier alpha value is -3.20. The summed E-state index contributed by atoms with van der Waals surface area (Å²) in [5.74, 6) is 1.02. The maximum absolute atomic E-state index is 12.3. The van der Waals surface area contributed by atoms with Crippen LogP contribution >= 0.6 is 0 Å². The fourth-order valence-electron chi connectivity index (χ4n) is 2.06. The molecule has 0 aliphatic heterocycles. The van der Waals surface area contributed by atoms with Gasteiger partial charge in [0.2, 0.25) is 0 Å². The highest BCUT2D eigenvalue weighted by Gasteiger charge is 2.18. The molecule has 124 valence electrons. The highest BCUT2D eigenvalue weighted by molar-refractivity contribution is 5.95. The lowest BCUT2D eigenvalue weighted by Crippen LogP contribution is -2.30. The third-order valence-corrected chi connectivity index (χ3v) is 3.33. The van der Waals surface area contributed by atoms with Gasteiger partial charge < -0.3 is 19.5 Å². The third-order valence-electron chi connectivity index (χ3n) is 3.33. The van der Waals surface area contributed by atoms with E-state index in [1.54, 1.807) is 43.3 Å². The van der Waals surface area contributed by atoms with Crippen LogP contribution in [-0.4, -0.2) is 26.2 Å². The van der Waals surface area contributed by atoms with Gasteiger partial charge in [0.1, 0.15) is 5.75 Å². The molecule has 2 aromatic carbocycles. The van der Waals surface area contributed by atoms with Gasteiger partial charge >= 0.3 is 0 Å². The quantitative estimate of drug-likeness (QED) is 0.882. The second kappa shape index (κ2) is 7.88. The summed E-state index contributed by atoms with van der Waals surface area (Å²) in [6, 6.07) is 13.9. The number of para-hydroxylation sites is 2. The fraction of sp³-hybridized carbons (Fsp3) is 0.222. The van der Waals surface area contributed by atoms with Crippen molar-refractivity contribution >= 4 is 11.6 Å². The highest BCUT2D eigenvalue weighted by Crippen LogP contribution is 2.29. The number of nitrogens with one attached hydrogen (secondary N) is 1. The van der Waals surface area contributed by atoms with Crippen molar-refractivity contribution < 1.29 is 19.0 Å². The van der Waals surface area contributed by atoms with E-state index < -0.39 is 6.10 Å². The number of hydrogen-bond donors (Lipinski definition) is 1. The van der Waals surface area contributed by atoms with Crippen LogP contribution < -0.4 is 19.5 Å². The maximum Gasteiger partial charge on any atom is 0.265 e. The van der Waals surface area contributed by atoms with Crippen LogP contribution in [0.3, 0.4) is 0 Å². The summed E-state index contributed by atoms with van der Waals surface area (Å²) >= 11 is 0. The van der Waals surface area contributed by atoms with Crippen LogP contribution in [0.1, 0.15) is 12.5 Å². The molecule has 0 radical (unpaired) electrons. The second-order valence-electron chi connectivity index (χ2n) is 4.93. The Morgan fingerprint density at radius 1 is 1.08 bits per heavy atom. The first-order chi connectivity index (χ1) is 11.6. The molecule has 0 fully saturated rings. The zero-order valence-corrected chi connectivity index (χ0v) is 13.7. The Kier molecular flexibility index (Phi) is 5.63. The Balaban J connectivity index is 2.11. The van der Waals surface area contributed by atoms with Gasteiger partial charge in [-0.05, 0) is 31.2 Å². The van der Waals surface area contributed by atoms with Crippen molar-refractivity contribution in [3.05, 3.63) is 48.0 Å². The number of carbonyl (C=O) groups is 1. The number of nitrogens with zero attached hydrogens (tertiary/aromatic N) is 1. The summed E-state index contributed by atoms with van der Waals surface area (Å²) in [5, 5.41) is 11.7. The number of rotatable bonds is 6. The lowest BCUT2D eigenvalue weighted by molar-refractivity contribution is -0.122. The van der Waals surface area contributed by atoms with Crippen molar-refractivity contribution in [3.8, 4) is 23.3 Å². The van der Waals surface area contributed by atoms with E-state index in [4.69, 9.17) is 19.5 Å². The predicted molar refractivity (Wildman–Crippen MR) is 89.4 cm³/mol. The van der Waals surface area contributed by atoms with Crippen molar-refractivity contribution in [2.45, 2.75) is 13.0 Å². The fourth-order valence-corrected chi connectivity index (χ4v) is 2.06. The molecule has 1 amide bonds. The standard InChI is InChI=1S/C18H18N2O4/c1-12(18(21)20-14-6-4-5-7-15(14)22-2)24-16-9-8-13(11-19)10-17(16)23-3/h4-10,12H,1-3H3,(H,20,21)/t12-/m0/s1. The van der Waals surface area contributed by atoms with Crippen molar-refractivity contribution in [2.24, 2.45) is 0 Å². The first-order valence-electron chi connectivity index (χ1n) is 7.27. The molecule has 0 aromatic heterocycles. The summed E-state index contributed by atoms with van der Waals surface area (Å²) in [7, 11) is 3.01. The predicted octanol–water partition coefficient (Wildman–Crippen LogP) is 2.98. The molecular formula is C18H18N2O4. The molecule has 0 unspecified atom stereocenters. The highest BCUT2D eigenvalue weighted by atomic mass is 16.5. The van der Waals surface area contributed by atoms with Crippen molar-refractivity contribution in [2.75, 3.05) is 19.5 Å². The lowest BCUT2D eigenvalue weighted by atomic mass is 10.2. The molecule has 1 N–H and O–H groups in total. The van der Waals surface area contributed by atoms with Crippen LogP contribution in [0.5, 0.6) is 17.2 Å². The van der Waals surface area contributed by atoms with Gasteiger partial charge in [0, 0.05) is 6.07 Å². The Labute approximate surface area is 140 Å². The topological polar surface area (TPSA) is 80.6 Å². The Bertz CT molecular complexity index is 768. The van der Waals surface area contributed by atoms with Gasteiger partial charge in [0.05, 0.1) is 31.5 Å². The lowest BCUT2D eigenvalue weighted by Gasteiger charge is -2.17. The SMILES string of the molecule is COc1ccccc1NC(=O)[C@H](C)Oc1ccc(C#N)cc1OC. The number of anilines is 1. The summed E-state index contributed by atoms with van der Waals surface area (Å²) in [4.78, 5) is 12.3. The van der Waals surface area contributed by atoms with Crippen LogP contribution in [0.15, 0.2) is 42.5 Å². The van der Waals surface area contributed by atoms with Gasteiger partial charge in [-0.25, -0.2) is 0 Å². The molecular weight excluding hydrogens is 308 g/mol. The van der Waals surface area contributed by atoms with Gasteiger partial charge in [-0.3, -0.25) is 4.79 Å². The number of benzene rings is 2. The van der Waals surface area contributed by atoms with E-state index >= 15 is 0 Å². The molecule has 6 nitrogen and oxygen atoms in total. The molecule has 0 bridgehead atoms. The molecule has 24 heavy (non-hydrogen) atoms. The molecule has 2 rings (SSSR count). The number of hydrogen-bond acceptors (Lipinski definition) is 5. The number of carbonyl (C=O) groups excluding carboxylic acids is 1. The summed E-state index contributed by atoms with van der Waals surface area (Å²) in [6.45, 7) is 1.63. The van der Waals surface area contributed by atoms with E-state index in [0.717, 1.165) is 0 Å². The number of ether oxygens (including phenoxy) is 3. The first-order valence-corrected chi connectivity index (χ1v) is 7.27. The van der Waals surface area contributed by atoms with Gasteiger partial charge in [0.15, 0.2) is 17.6 Å². The largest absolute Gasteiger partial charge is 0.495 e. The Morgan fingerprint density at radius 2 is 1.79 bits per heavy atom. The zero-order valence-electron chi connectivity index (χ0n) is 13.7. The minimum atomic E-state index is -0.767. The van der Waals surface area contributed by atoms with Crippen LogP contribution in [0.4, 0.5) is 5.69 Å². The zero-order chi connectivity index (χ0) is 17.5. The van der Waals surface area contributed by atoms with Crippen LogP contribution in [0, 0.1) is 11.3 Å². The van der Waals surface area contributed by atoms with E-state index in [9.17, 15) is 4.79 Å². The van der Waals surface area contributed by atoms with Crippen LogP contribution in [0.2, 0.25) is 0 Å². The van der Waals surface area contributed by atoms with E-state index in [2.05, 4.69) is 5.32 Å². The summed E-state index contributed by atoms with van der Waals surface area (Å²) < 4.78 is 16.1. The molecule has 0 saturated carbocycles. The minimum Gasteiger partial charge on any atom is -0.495 e. The Morgan fingerprint density at radius 3 is 2.46 bits per heavy atom. The molecule has 0 spiro atoms. The normalized spacial score (nSPS) is 11.1. The average Bonchev–Trinajstić information content (AvgIpc) is 2.62. The molecule has 0 heterocycles. The van der Waals surface area contributed by atoms with Gasteiger partial charge in [-0.1, -0.05) is 12.1 Å².